The minimum absolute atomic E-state index is 0.0753. The van der Waals surface area contributed by atoms with Crippen LogP contribution in [-0.2, 0) is 17.8 Å². The standard InChI is InChI=1S/C10H17N3O3/c1-8-11-12-9(4-2-3-7-14)13(8)6-5-10(15)16/h14H,2-7H2,1H3,(H,15,16). The highest BCUT2D eigenvalue weighted by Gasteiger charge is 2.09. The SMILES string of the molecule is Cc1nnc(CCCCO)n1CCC(=O)O. The number of unbranched alkanes of at least 4 members (excludes halogenated alkanes) is 1. The molecule has 0 spiro atoms. The van der Waals surface area contributed by atoms with Gasteiger partial charge in [-0.25, -0.2) is 0 Å². The third-order valence-corrected chi connectivity index (χ3v) is 2.37. The summed E-state index contributed by atoms with van der Waals surface area (Å²) in [5, 5.41) is 25.2. The van der Waals surface area contributed by atoms with E-state index in [1.54, 1.807) is 0 Å². The maximum atomic E-state index is 10.5. The van der Waals surface area contributed by atoms with Crippen molar-refractivity contribution in [3.8, 4) is 0 Å². The summed E-state index contributed by atoms with van der Waals surface area (Å²) in [6, 6.07) is 0. The molecule has 0 bridgehead atoms. The second-order valence-corrected chi connectivity index (χ2v) is 3.64. The number of carbonyl (C=O) groups is 1. The number of aliphatic hydroxyl groups excluding tert-OH is 1. The van der Waals surface area contributed by atoms with Crippen LogP contribution in [0, 0.1) is 6.92 Å². The first-order chi connectivity index (χ1) is 7.65. The highest BCUT2D eigenvalue weighted by Crippen LogP contribution is 2.06. The molecular weight excluding hydrogens is 210 g/mol. The fraction of sp³-hybridized carbons (Fsp3) is 0.700. The number of hydrogen-bond acceptors (Lipinski definition) is 4. The van der Waals surface area contributed by atoms with Crippen molar-refractivity contribution in [1.82, 2.24) is 14.8 Å². The molecule has 0 fully saturated rings. The smallest absolute Gasteiger partial charge is 0.305 e. The minimum Gasteiger partial charge on any atom is -0.481 e. The molecule has 6 nitrogen and oxygen atoms in total. The van der Waals surface area contributed by atoms with E-state index in [1.807, 2.05) is 11.5 Å². The van der Waals surface area contributed by atoms with E-state index in [0.717, 1.165) is 30.9 Å². The monoisotopic (exact) mass is 227 g/mol. The van der Waals surface area contributed by atoms with Gasteiger partial charge in [-0.15, -0.1) is 10.2 Å². The molecule has 0 aliphatic heterocycles. The number of aliphatic carboxylic acids is 1. The fourth-order valence-corrected chi connectivity index (χ4v) is 1.50. The maximum Gasteiger partial charge on any atom is 0.305 e. The number of carboxylic acids is 1. The van der Waals surface area contributed by atoms with Crippen LogP contribution in [0.5, 0.6) is 0 Å². The first-order valence-electron chi connectivity index (χ1n) is 5.36. The molecule has 0 saturated heterocycles. The molecule has 6 heteroatoms. The van der Waals surface area contributed by atoms with E-state index < -0.39 is 5.97 Å². The second-order valence-electron chi connectivity index (χ2n) is 3.64. The van der Waals surface area contributed by atoms with Crippen LogP contribution < -0.4 is 0 Å². The molecule has 1 aromatic rings. The van der Waals surface area contributed by atoms with Crippen molar-refractivity contribution >= 4 is 5.97 Å². The van der Waals surface area contributed by atoms with Gasteiger partial charge in [0.15, 0.2) is 0 Å². The fourth-order valence-electron chi connectivity index (χ4n) is 1.50. The molecular formula is C10H17N3O3. The van der Waals surface area contributed by atoms with E-state index in [-0.39, 0.29) is 13.0 Å². The Morgan fingerprint density at radius 2 is 2.12 bits per heavy atom. The van der Waals surface area contributed by atoms with Crippen LogP contribution in [0.25, 0.3) is 0 Å². The molecule has 1 heterocycles. The predicted octanol–water partition coefficient (Wildman–Crippen LogP) is 0.376. The average Bonchev–Trinajstić information content (AvgIpc) is 2.57. The van der Waals surface area contributed by atoms with Crippen LogP contribution in [0.3, 0.4) is 0 Å². The van der Waals surface area contributed by atoms with Gasteiger partial charge in [0.25, 0.3) is 0 Å². The van der Waals surface area contributed by atoms with Crippen molar-refractivity contribution in [3.05, 3.63) is 11.6 Å². The normalized spacial score (nSPS) is 10.6. The van der Waals surface area contributed by atoms with Crippen molar-refractivity contribution in [3.63, 3.8) is 0 Å². The van der Waals surface area contributed by atoms with Gasteiger partial charge >= 0.3 is 5.97 Å². The predicted molar refractivity (Wildman–Crippen MR) is 57.0 cm³/mol. The topological polar surface area (TPSA) is 88.2 Å². The summed E-state index contributed by atoms with van der Waals surface area (Å²) in [6.45, 7) is 2.38. The van der Waals surface area contributed by atoms with Gasteiger partial charge in [-0.2, -0.15) is 0 Å². The van der Waals surface area contributed by atoms with E-state index in [2.05, 4.69) is 10.2 Å². The van der Waals surface area contributed by atoms with Crippen molar-refractivity contribution in [2.75, 3.05) is 6.61 Å². The zero-order chi connectivity index (χ0) is 12.0. The van der Waals surface area contributed by atoms with Crippen molar-refractivity contribution in [2.45, 2.75) is 39.2 Å². The van der Waals surface area contributed by atoms with Crippen molar-refractivity contribution in [2.24, 2.45) is 0 Å². The van der Waals surface area contributed by atoms with Gasteiger partial charge in [0.2, 0.25) is 0 Å². The molecule has 1 rings (SSSR count). The van der Waals surface area contributed by atoms with Crippen molar-refractivity contribution in [1.29, 1.82) is 0 Å². The molecule has 1 aromatic heterocycles. The molecule has 0 aromatic carbocycles. The molecule has 16 heavy (non-hydrogen) atoms. The Labute approximate surface area is 93.9 Å². The van der Waals surface area contributed by atoms with E-state index in [1.165, 1.54) is 0 Å². The average molecular weight is 227 g/mol. The third-order valence-electron chi connectivity index (χ3n) is 2.37. The second kappa shape index (κ2) is 6.22. The van der Waals surface area contributed by atoms with Crippen molar-refractivity contribution < 1.29 is 15.0 Å². The first kappa shape index (κ1) is 12.6. The van der Waals surface area contributed by atoms with Crippen LogP contribution in [0.15, 0.2) is 0 Å². The Hall–Kier alpha value is -1.43. The zero-order valence-electron chi connectivity index (χ0n) is 9.39. The number of aryl methyl sites for hydroxylation is 2. The molecule has 0 atom stereocenters. The highest BCUT2D eigenvalue weighted by atomic mass is 16.4. The van der Waals surface area contributed by atoms with Gasteiger partial charge in [0, 0.05) is 19.6 Å². The van der Waals surface area contributed by atoms with Gasteiger partial charge in [-0.3, -0.25) is 4.79 Å². The van der Waals surface area contributed by atoms with Crippen LogP contribution in [0.1, 0.15) is 30.9 Å². The van der Waals surface area contributed by atoms with Crippen LogP contribution in [0.2, 0.25) is 0 Å². The molecule has 0 unspecified atom stereocenters. The number of nitrogens with zero attached hydrogens (tertiary/aromatic N) is 3. The molecule has 0 aliphatic rings. The lowest BCUT2D eigenvalue weighted by Crippen LogP contribution is -2.10. The lowest BCUT2D eigenvalue weighted by Gasteiger charge is -2.06. The Balaban J connectivity index is 2.58. The summed E-state index contributed by atoms with van der Waals surface area (Å²) < 4.78 is 1.82. The summed E-state index contributed by atoms with van der Waals surface area (Å²) in [5.74, 6) is 0.710. The maximum absolute atomic E-state index is 10.5. The minimum atomic E-state index is -0.825. The van der Waals surface area contributed by atoms with Gasteiger partial charge < -0.3 is 14.8 Å². The van der Waals surface area contributed by atoms with Gasteiger partial charge in [-0.1, -0.05) is 0 Å². The summed E-state index contributed by atoms with van der Waals surface area (Å²) in [4.78, 5) is 10.5. The van der Waals surface area contributed by atoms with E-state index in [0.29, 0.717) is 6.54 Å². The van der Waals surface area contributed by atoms with Crippen LogP contribution >= 0.6 is 0 Å². The lowest BCUT2D eigenvalue weighted by atomic mass is 10.2. The Kier molecular flexibility index (Phi) is 4.91. The lowest BCUT2D eigenvalue weighted by molar-refractivity contribution is -0.137. The number of rotatable bonds is 7. The molecule has 0 amide bonds. The number of aliphatic hydroxyl groups is 1. The summed E-state index contributed by atoms with van der Waals surface area (Å²) in [7, 11) is 0. The largest absolute Gasteiger partial charge is 0.481 e. The van der Waals surface area contributed by atoms with E-state index in [4.69, 9.17) is 10.2 Å². The first-order valence-corrected chi connectivity index (χ1v) is 5.36. The Morgan fingerprint density at radius 3 is 2.75 bits per heavy atom. The number of aromatic nitrogens is 3. The highest BCUT2D eigenvalue weighted by molar-refractivity contribution is 5.66. The zero-order valence-corrected chi connectivity index (χ0v) is 9.39. The Morgan fingerprint density at radius 1 is 1.38 bits per heavy atom. The number of hydrogen-bond donors (Lipinski definition) is 2. The quantitative estimate of drug-likeness (QED) is 0.657. The molecule has 0 aliphatic carbocycles. The van der Waals surface area contributed by atoms with E-state index >= 15 is 0 Å². The summed E-state index contributed by atoms with van der Waals surface area (Å²) in [6.07, 6.45) is 2.36. The van der Waals surface area contributed by atoms with Gasteiger partial charge in [0.1, 0.15) is 11.6 Å². The van der Waals surface area contributed by atoms with Crippen LogP contribution in [-0.4, -0.2) is 37.6 Å². The molecule has 90 valence electrons. The third kappa shape index (κ3) is 3.62. The van der Waals surface area contributed by atoms with Gasteiger partial charge in [0.05, 0.1) is 6.42 Å². The summed E-state index contributed by atoms with van der Waals surface area (Å²) in [5.41, 5.74) is 0. The molecule has 0 saturated carbocycles. The van der Waals surface area contributed by atoms with E-state index in [9.17, 15) is 4.79 Å². The molecule has 2 N–H and O–H groups in total. The summed E-state index contributed by atoms with van der Waals surface area (Å²) >= 11 is 0. The van der Waals surface area contributed by atoms with Crippen LogP contribution in [0.4, 0.5) is 0 Å². The molecule has 0 radical (unpaired) electrons. The Bertz CT molecular complexity index is 349. The number of carboxylic acid groups (broad SMARTS) is 1. The van der Waals surface area contributed by atoms with Gasteiger partial charge in [-0.05, 0) is 19.8 Å².